The fourth-order valence-electron chi connectivity index (χ4n) is 2.34. The van der Waals surface area contributed by atoms with Crippen molar-refractivity contribution in [1.82, 2.24) is 25.0 Å². The highest BCUT2D eigenvalue weighted by Gasteiger charge is 2.37. The number of nitrogens with zero attached hydrogens (tertiary/aromatic N) is 4. The molecule has 2 rings (SSSR count). The lowest BCUT2D eigenvalue weighted by atomic mass is 10.1. The Hall–Kier alpha value is -1.92. The number of carbonyl (C=O) groups is 2. The van der Waals surface area contributed by atoms with Crippen LogP contribution in [0.2, 0.25) is 0 Å². The third-order valence-electron chi connectivity index (χ3n) is 3.60. The Labute approximate surface area is 118 Å². The molecule has 1 aliphatic rings. The van der Waals surface area contributed by atoms with Gasteiger partial charge in [-0.15, -0.1) is 0 Å². The van der Waals surface area contributed by atoms with Crippen LogP contribution < -0.4 is 5.32 Å². The number of piperazine rings is 1. The summed E-state index contributed by atoms with van der Waals surface area (Å²) in [6.45, 7) is 6.76. The van der Waals surface area contributed by atoms with Crippen LogP contribution in [0.15, 0.2) is 6.33 Å². The van der Waals surface area contributed by atoms with Crippen molar-refractivity contribution in [3.05, 3.63) is 12.2 Å². The lowest BCUT2D eigenvalue weighted by Crippen LogP contribution is -2.61. The lowest BCUT2D eigenvalue weighted by Gasteiger charge is -2.36. The van der Waals surface area contributed by atoms with Crippen molar-refractivity contribution >= 4 is 11.8 Å². The number of rotatable bonds is 5. The highest BCUT2D eigenvalue weighted by Crippen LogP contribution is 2.15. The zero-order chi connectivity index (χ0) is 14.7. The van der Waals surface area contributed by atoms with Gasteiger partial charge in [-0.25, -0.2) is 9.67 Å². The predicted octanol–water partition coefficient (Wildman–Crippen LogP) is 0.314. The topological polar surface area (TPSA) is 80.1 Å². The van der Waals surface area contributed by atoms with Crippen molar-refractivity contribution in [2.45, 2.75) is 58.8 Å². The molecule has 0 radical (unpaired) electrons. The normalized spacial score (nSPS) is 23.1. The van der Waals surface area contributed by atoms with Crippen molar-refractivity contribution < 1.29 is 9.59 Å². The van der Waals surface area contributed by atoms with E-state index in [9.17, 15) is 9.59 Å². The van der Waals surface area contributed by atoms with Crippen LogP contribution >= 0.6 is 0 Å². The maximum Gasteiger partial charge on any atom is 0.246 e. The van der Waals surface area contributed by atoms with E-state index < -0.39 is 12.1 Å². The van der Waals surface area contributed by atoms with Crippen molar-refractivity contribution in [3.63, 3.8) is 0 Å². The van der Waals surface area contributed by atoms with Gasteiger partial charge in [0.15, 0.2) is 0 Å². The van der Waals surface area contributed by atoms with Gasteiger partial charge >= 0.3 is 0 Å². The van der Waals surface area contributed by atoms with Gasteiger partial charge in [0.2, 0.25) is 11.8 Å². The van der Waals surface area contributed by atoms with Gasteiger partial charge in [0.1, 0.15) is 24.2 Å². The van der Waals surface area contributed by atoms with E-state index in [1.54, 1.807) is 16.5 Å². The molecule has 2 amide bonds. The quantitative estimate of drug-likeness (QED) is 0.841. The molecule has 0 spiro atoms. The average molecular weight is 279 g/mol. The molecule has 0 bridgehead atoms. The van der Waals surface area contributed by atoms with E-state index in [1.807, 2.05) is 6.92 Å². The van der Waals surface area contributed by atoms with Crippen molar-refractivity contribution in [1.29, 1.82) is 0 Å². The van der Waals surface area contributed by atoms with Gasteiger partial charge in [0, 0.05) is 6.54 Å². The maximum absolute atomic E-state index is 12.4. The number of hydrogen-bond acceptors (Lipinski definition) is 4. The van der Waals surface area contributed by atoms with Crippen LogP contribution in [-0.4, -0.2) is 43.6 Å². The number of amides is 2. The van der Waals surface area contributed by atoms with Gasteiger partial charge in [-0.2, -0.15) is 5.10 Å². The van der Waals surface area contributed by atoms with E-state index in [2.05, 4.69) is 22.3 Å². The third-order valence-corrected chi connectivity index (χ3v) is 3.60. The summed E-state index contributed by atoms with van der Waals surface area (Å²) in [5.41, 5.74) is 0. The zero-order valence-electron chi connectivity index (χ0n) is 12.2. The SMILES string of the molecule is CCCn1ncnc1CN1C(=O)C(CC)NC(=O)C1C. The molecular weight excluding hydrogens is 258 g/mol. The number of carbonyl (C=O) groups excluding carboxylic acids is 2. The van der Waals surface area contributed by atoms with Gasteiger partial charge in [0.25, 0.3) is 0 Å². The number of aromatic nitrogens is 3. The molecule has 1 fully saturated rings. The second-order valence-corrected chi connectivity index (χ2v) is 5.01. The van der Waals surface area contributed by atoms with Crippen LogP contribution in [0.1, 0.15) is 39.4 Å². The highest BCUT2D eigenvalue weighted by atomic mass is 16.2. The Bertz CT molecular complexity index is 499. The molecule has 110 valence electrons. The van der Waals surface area contributed by atoms with E-state index in [-0.39, 0.29) is 11.8 Å². The fourth-order valence-corrected chi connectivity index (χ4v) is 2.34. The van der Waals surface area contributed by atoms with E-state index in [4.69, 9.17) is 0 Å². The van der Waals surface area contributed by atoms with Crippen LogP contribution in [0.3, 0.4) is 0 Å². The first-order chi connectivity index (χ1) is 9.58. The first kappa shape index (κ1) is 14.5. The molecule has 1 saturated heterocycles. The second kappa shape index (κ2) is 6.02. The Balaban J connectivity index is 2.18. The lowest BCUT2D eigenvalue weighted by molar-refractivity contribution is -0.149. The Morgan fingerprint density at radius 2 is 2.10 bits per heavy atom. The van der Waals surface area contributed by atoms with E-state index in [0.717, 1.165) is 18.8 Å². The molecule has 1 N–H and O–H groups in total. The molecular formula is C13H21N5O2. The molecule has 20 heavy (non-hydrogen) atoms. The summed E-state index contributed by atoms with van der Waals surface area (Å²) in [6, 6.07) is -0.904. The molecule has 2 heterocycles. The minimum atomic E-state index is -0.475. The molecule has 0 saturated carbocycles. The fraction of sp³-hybridized carbons (Fsp3) is 0.692. The Morgan fingerprint density at radius 3 is 2.75 bits per heavy atom. The van der Waals surface area contributed by atoms with E-state index in [0.29, 0.717) is 13.0 Å². The molecule has 7 nitrogen and oxygen atoms in total. The summed E-state index contributed by atoms with van der Waals surface area (Å²) in [5, 5.41) is 6.89. The number of nitrogens with one attached hydrogen (secondary N) is 1. The summed E-state index contributed by atoms with van der Waals surface area (Å²) >= 11 is 0. The van der Waals surface area contributed by atoms with Gasteiger partial charge in [-0.3, -0.25) is 9.59 Å². The highest BCUT2D eigenvalue weighted by molar-refractivity contribution is 5.96. The minimum Gasteiger partial charge on any atom is -0.343 e. The molecule has 0 aliphatic carbocycles. The predicted molar refractivity (Wildman–Crippen MR) is 72.5 cm³/mol. The number of aryl methyl sites for hydroxylation is 1. The maximum atomic E-state index is 12.4. The summed E-state index contributed by atoms with van der Waals surface area (Å²) in [4.78, 5) is 30.1. The second-order valence-electron chi connectivity index (χ2n) is 5.01. The minimum absolute atomic E-state index is 0.0503. The van der Waals surface area contributed by atoms with Gasteiger partial charge in [0.05, 0.1) is 6.54 Å². The largest absolute Gasteiger partial charge is 0.343 e. The van der Waals surface area contributed by atoms with Crippen molar-refractivity contribution in [2.75, 3.05) is 0 Å². The standard InChI is InChI=1S/C13H21N5O2/c1-4-6-18-11(14-8-15-18)7-17-9(3)12(19)16-10(5-2)13(17)20/h8-10H,4-7H2,1-3H3,(H,16,19). The molecule has 2 unspecified atom stereocenters. The van der Waals surface area contributed by atoms with Gasteiger partial charge < -0.3 is 10.2 Å². The van der Waals surface area contributed by atoms with Gasteiger partial charge in [-0.1, -0.05) is 13.8 Å². The zero-order valence-corrected chi connectivity index (χ0v) is 12.2. The molecule has 1 aromatic heterocycles. The van der Waals surface area contributed by atoms with Gasteiger partial charge in [-0.05, 0) is 19.8 Å². The summed E-state index contributed by atoms with van der Waals surface area (Å²) in [6.07, 6.45) is 3.02. The molecule has 7 heteroatoms. The van der Waals surface area contributed by atoms with Crippen molar-refractivity contribution in [3.8, 4) is 0 Å². The van der Waals surface area contributed by atoms with Crippen molar-refractivity contribution in [2.24, 2.45) is 0 Å². The first-order valence-corrected chi connectivity index (χ1v) is 7.06. The molecule has 2 atom stereocenters. The Kier molecular flexibility index (Phi) is 4.36. The van der Waals surface area contributed by atoms with E-state index >= 15 is 0 Å². The first-order valence-electron chi connectivity index (χ1n) is 7.06. The molecule has 1 aromatic rings. The molecule has 0 aromatic carbocycles. The Morgan fingerprint density at radius 1 is 1.35 bits per heavy atom. The van der Waals surface area contributed by atoms with Crippen LogP contribution in [0.4, 0.5) is 0 Å². The van der Waals surface area contributed by atoms with Crippen LogP contribution in [0.5, 0.6) is 0 Å². The van der Waals surface area contributed by atoms with Crippen LogP contribution in [0.25, 0.3) is 0 Å². The third kappa shape index (κ3) is 2.66. The van der Waals surface area contributed by atoms with Crippen LogP contribution in [-0.2, 0) is 22.7 Å². The molecule has 1 aliphatic heterocycles. The number of hydrogen-bond donors (Lipinski definition) is 1. The summed E-state index contributed by atoms with van der Waals surface area (Å²) in [5.74, 6) is 0.556. The smallest absolute Gasteiger partial charge is 0.246 e. The summed E-state index contributed by atoms with van der Waals surface area (Å²) in [7, 11) is 0. The average Bonchev–Trinajstić information content (AvgIpc) is 2.86. The summed E-state index contributed by atoms with van der Waals surface area (Å²) < 4.78 is 1.79. The van der Waals surface area contributed by atoms with E-state index in [1.165, 1.54) is 6.33 Å². The van der Waals surface area contributed by atoms with Crippen LogP contribution in [0, 0.1) is 0 Å². The monoisotopic (exact) mass is 279 g/mol.